The number of hydrogen-bond donors (Lipinski definition) is 4. The van der Waals surface area contributed by atoms with E-state index in [1.165, 1.54) is 7.11 Å². The van der Waals surface area contributed by atoms with Crippen LogP contribution in [0.5, 0.6) is 0 Å². The lowest BCUT2D eigenvalue weighted by molar-refractivity contribution is -0.274. The molecule has 0 radical (unpaired) electrons. The van der Waals surface area contributed by atoms with Crippen molar-refractivity contribution in [1.82, 2.24) is 0 Å². The topological polar surface area (TPSA) is 116 Å². The maximum Gasteiger partial charge on any atom is 0.269 e. The van der Waals surface area contributed by atoms with E-state index in [4.69, 9.17) is 15.9 Å². The number of Topliss-reactive ketones (excluding diaryl/α,β-unsaturated/α-hetero) is 1. The summed E-state index contributed by atoms with van der Waals surface area (Å²) in [7, 11) is 1.37. The highest BCUT2D eigenvalue weighted by atomic mass is 16.8. The van der Waals surface area contributed by atoms with Gasteiger partial charge in [0.1, 0.15) is 6.10 Å². The summed E-state index contributed by atoms with van der Waals surface area (Å²) in [5.74, 6) is 0.593. The molecule has 7 nitrogen and oxygen atoms in total. The van der Waals surface area contributed by atoms with Gasteiger partial charge in [0.05, 0.1) is 12.2 Å². The molecule has 0 saturated heterocycles. The van der Waals surface area contributed by atoms with Gasteiger partial charge in [-0.05, 0) is 49.4 Å². The third kappa shape index (κ3) is 2.72. The van der Waals surface area contributed by atoms with E-state index in [0.29, 0.717) is 19.3 Å². The highest BCUT2D eigenvalue weighted by Gasteiger charge is 2.72. The standard InChI is InChI=1S/C23H32O7/c1-5-23(28)19(26)18(25)17-16-14(7-9-22(17,23)3)21(2)8-6-13(30-20(27)29-4)10-12(21)11-15(16)24/h1,11,13-18,20,24-25,27-28H,6-10H2,2-4H3/t13-,14?,15-,16?,17?,18-,20?,21-,22-,23-/m0/s1. The molecule has 0 spiro atoms. The summed E-state index contributed by atoms with van der Waals surface area (Å²) in [6, 6.07) is 0. The van der Waals surface area contributed by atoms with E-state index in [0.717, 1.165) is 18.4 Å². The Balaban J connectivity index is 1.69. The van der Waals surface area contributed by atoms with E-state index >= 15 is 0 Å². The van der Waals surface area contributed by atoms with Crippen LogP contribution in [0.2, 0.25) is 0 Å². The number of terminal acetylenes is 1. The molecule has 7 heteroatoms. The van der Waals surface area contributed by atoms with Crippen LogP contribution < -0.4 is 0 Å². The van der Waals surface area contributed by atoms with E-state index in [-0.39, 0.29) is 23.4 Å². The van der Waals surface area contributed by atoms with E-state index in [1.807, 2.05) is 6.08 Å². The average molecular weight is 421 g/mol. The van der Waals surface area contributed by atoms with Gasteiger partial charge in [-0.25, -0.2) is 0 Å². The van der Waals surface area contributed by atoms with Crippen molar-refractivity contribution >= 4 is 5.78 Å². The third-order valence-corrected chi connectivity index (χ3v) is 8.85. The minimum absolute atomic E-state index is 0.0430. The van der Waals surface area contributed by atoms with E-state index in [9.17, 15) is 25.2 Å². The summed E-state index contributed by atoms with van der Waals surface area (Å²) in [6.45, 7) is 2.66. The molecule has 0 aliphatic heterocycles. The van der Waals surface area contributed by atoms with Crippen molar-refractivity contribution < 1.29 is 34.7 Å². The number of fused-ring (bicyclic) bond motifs is 5. The molecule has 30 heavy (non-hydrogen) atoms. The number of aliphatic hydroxyl groups excluding tert-OH is 3. The zero-order valence-corrected chi connectivity index (χ0v) is 17.7. The second-order valence-electron chi connectivity index (χ2n) is 9.97. The first kappa shape index (κ1) is 21.9. The zero-order chi connectivity index (χ0) is 22.1. The molecule has 0 heterocycles. The van der Waals surface area contributed by atoms with Crippen LogP contribution in [0.4, 0.5) is 0 Å². The number of methoxy groups -OCH3 is 1. The monoisotopic (exact) mass is 420 g/mol. The number of hydrogen-bond acceptors (Lipinski definition) is 7. The number of ether oxygens (including phenoxy) is 2. The molecule has 3 saturated carbocycles. The molecule has 0 bridgehead atoms. The Bertz CT molecular complexity index is 802. The number of ketones is 1. The Labute approximate surface area is 177 Å². The molecule has 4 rings (SSSR count). The fourth-order valence-electron chi connectivity index (χ4n) is 7.10. The molecule has 4 unspecified atom stereocenters. The summed E-state index contributed by atoms with van der Waals surface area (Å²) in [5, 5.41) is 42.6. The van der Waals surface area contributed by atoms with Gasteiger partial charge in [-0.15, -0.1) is 6.42 Å². The van der Waals surface area contributed by atoms with Gasteiger partial charge in [0, 0.05) is 18.4 Å². The van der Waals surface area contributed by atoms with Crippen molar-refractivity contribution in [3.63, 3.8) is 0 Å². The van der Waals surface area contributed by atoms with E-state index in [1.54, 1.807) is 6.92 Å². The van der Waals surface area contributed by atoms with Gasteiger partial charge in [0.25, 0.3) is 6.48 Å². The van der Waals surface area contributed by atoms with Gasteiger partial charge in [-0.2, -0.15) is 0 Å². The maximum absolute atomic E-state index is 12.8. The first-order valence-corrected chi connectivity index (χ1v) is 10.7. The number of aliphatic hydroxyl groups is 4. The molecule has 0 aromatic rings. The fraction of sp³-hybridized carbons (Fsp3) is 0.783. The van der Waals surface area contributed by atoms with Crippen LogP contribution >= 0.6 is 0 Å². The lowest BCUT2D eigenvalue weighted by Gasteiger charge is -2.59. The molecular formula is C23H32O7. The SMILES string of the molecule is C#C[C@]1(O)C(=O)[C@@H](O)C2C3C(CC[C@@]21C)[C@@]1(C)CC[C@H](OC(O)OC)CC1=C[C@@H]3O. The van der Waals surface area contributed by atoms with Crippen molar-refractivity contribution in [2.24, 2.45) is 28.6 Å². The maximum atomic E-state index is 12.8. The van der Waals surface area contributed by atoms with Crippen molar-refractivity contribution in [3.8, 4) is 12.3 Å². The van der Waals surface area contributed by atoms with Crippen LogP contribution in [0.1, 0.15) is 46.0 Å². The number of carbonyl (C=O) groups excluding carboxylic acids is 1. The van der Waals surface area contributed by atoms with Gasteiger partial charge in [0.15, 0.2) is 5.60 Å². The quantitative estimate of drug-likeness (QED) is 0.302. The molecule has 4 aliphatic rings. The molecule has 0 amide bonds. The van der Waals surface area contributed by atoms with Gasteiger partial charge >= 0.3 is 0 Å². The normalized spacial score (nSPS) is 51.3. The Morgan fingerprint density at radius 2 is 1.97 bits per heavy atom. The van der Waals surface area contributed by atoms with Crippen molar-refractivity contribution in [2.75, 3.05) is 7.11 Å². The number of rotatable bonds is 3. The minimum atomic E-state index is -2.02. The van der Waals surface area contributed by atoms with Gasteiger partial charge in [-0.3, -0.25) is 4.79 Å². The number of carbonyl (C=O) groups is 1. The van der Waals surface area contributed by atoms with Crippen LogP contribution in [0.3, 0.4) is 0 Å². The molecule has 3 fully saturated rings. The van der Waals surface area contributed by atoms with Crippen molar-refractivity contribution in [3.05, 3.63) is 11.6 Å². The summed E-state index contributed by atoms with van der Waals surface area (Å²) >= 11 is 0. The molecule has 10 atom stereocenters. The van der Waals surface area contributed by atoms with Gasteiger partial charge in [0.2, 0.25) is 5.78 Å². The summed E-state index contributed by atoms with van der Waals surface area (Å²) in [4.78, 5) is 12.8. The molecule has 0 aromatic heterocycles. The van der Waals surface area contributed by atoms with E-state index in [2.05, 4.69) is 12.8 Å². The van der Waals surface area contributed by atoms with Crippen LogP contribution in [-0.2, 0) is 14.3 Å². The Morgan fingerprint density at radius 1 is 1.27 bits per heavy atom. The second-order valence-corrected chi connectivity index (χ2v) is 9.97. The highest BCUT2D eigenvalue weighted by Crippen LogP contribution is 2.66. The Morgan fingerprint density at radius 3 is 2.60 bits per heavy atom. The molecule has 4 aliphatic carbocycles. The van der Waals surface area contributed by atoms with Crippen LogP contribution in [0.15, 0.2) is 11.6 Å². The first-order valence-electron chi connectivity index (χ1n) is 10.7. The van der Waals surface area contributed by atoms with Crippen LogP contribution in [0, 0.1) is 40.9 Å². The summed E-state index contributed by atoms with van der Waals surface area (Å²) < 4.78 is 10.3. The molecule has 0 aromatic carbocycles. The predicted octanol–water partition coefficient (Wildman–Crippen LogP) is 0.742. The summed E-state index contributed by atoms with van der Waals surface area (Å²) in [5.41, 5.74) is -2.15. The Hall–Kier alpha value is -1.27. The van der Waals surface area contributed by atoms with Gasteiger partial charge < -0.3 is 29.9 Å². The van der Waals surface area contributed by atoms with Crippen molar-refractivity contribution in [2.45, 2.75) is 76.3 Å². The molecular weight excluding hydrogens is 388 g/mol. The van der Waals surface area contributed by atoms with E-state index < -0.39 is 41.4 Å². The lowest BCUT2D eigenvalue weighted by atomic mass is 9.46. The third-order valence-electron chi connectivity index (χ3n) is 8.85. The summed E-state index contributed by atoms with van der Waals surface area (Å²) in [6.07, 6.45) is 8.21. The van der Waals surface area contributed by atoms with Crippen LogP contribution in [0.25, 0.3) is 0 Å². The average Bonchev–Trinajstić information content (AvgIpc) is 2.87. The van der Waals surface area contributed by atoms with Gasteiger partial charge in [-0.1, -0.05) is 31.4 Å². The first-order chi connectivity index (χ1) is 14.0. The Kier molecular flexibility index (Phi) is 5.21. The predicted molar refractivity (Wildman–Crippen MR) is 107 cm³/mol. The zero-order valence-electron chi connectivity index (χ0n) is 17.7. The van der Waals surface area contributed by atoms with Crippen LogP contribution in [-0.4, -0.2) is 63.7 Å². The second kappa shape index (κ2) is 7.13. The molecule has 166 valence electrons. The minimum Gasteiger partial charge on any atom is -0.389 e. The highest BCUT2D eigenvalue weighted by molar-refractivity contribution is 5.98. The lowest BCUT2D eigenvalue weighted by Crippen LogP contribution is -2.58. The largest absolute Gasteiger partial charge is 0.389 e. The fourth-order valence-corrected chi connectivity index (χ4v) is 7.10. The van der Waals surface area contributed by atoms with Crippen molar-refractivity contribution in [1.29, 1.82) is 0 Å². The smallest absolute Gasteiger partial charge is 0.269 e. The molecule has 4 N–H and O–H groups in total.